The maximum atomic E-state index is 12.1. The van der Waals surface area contributed by atoms with Crippen molar-refractivity contribution in [2.75, 3.05) is 5.73 Å². The van der Waals surface area contributed by atoms with Crippen LogP contribution < -0.4 is 11.4 Å². The first-order chi connectivity index (χ1) is 8.64. The number of nitrogens with zero attached hydrogens (tertiary/aromatic N) is 2. The molecule has 0 saturated heterocycles. The fraction of sp³-hybridized carbons (Fsp3) is 0.714. The quantitative estimate of drug-likeness (QED) is 0.820. The maximum Gasteiger partial charge on any atom is 0.348 e. The first-order valence-corrected chi connectivity index (χ1v) is 6.99. The Labute approximate surface area is 106 Å². The van der Waals surface area contributed by atoms with E-state index < -0.39 is 0 Å². The van der Waals surface area contributed by atoms with E-state index in [1.807, 2.05) is 10.8 Å². The molecule has 4 fully saturated rings. The second-order valence-corrected chi connectivity index (χ2v) is 6.68. The minimum Gasteiger partial charge on any atom is -0.396 e. The van der Waals surface area contributed by atoms with E-state index in [9.17, 15) is 4.79 Å². The first kappa shape index (κ1) is 10.6. The van der Waals surface area contributed by atoms with Gasteiger partial charge >= 0.3 is 5.69 Å². The summed E-state index contributed by atoms with van der Waals surface area (Å²) in [7, 11) is 0. The van der Waals surface area contributed by atoms with Gasteiger partial charge in [-0.05, 0) is 56.3 Å². The fourth-order valence-corrected chi connectivity index (χ4v) is 5.13. The third-order valence-electron chi connectivity index (χ3n) is 5.33. The van der Waals surface area contributed by atoms with Crippen molar-refractivity contribution in [1.29, 1.82) is 0 Å². The van der Waals surface area contributed by atoms with E-state index in [0.29, 0.717) is 5.69 Å². The zero-order valence-electron chi connectivity index (χ0n) is 10.5. The van der Waals surface area contributed by atoms with Crippen LogP contribution in [0.1, 0.15) is 38.5 Å². The summed E-state index contributed by atoms with van der Waals surface area (Å²) in [5, 5.41) is 0. The van der Waals surface area contributed by atoms with Gasteiger partial charge in [0.15, 0.2) is 0 Å². The average Bonchev–Trinajstić information content (AvgIpc) is 2.30. The molecule has 1 aromatic rings. The van der Waals surface area contributed by atoms with Crippen LogP contribution in [0.5, 0.6) is 0 Å². The summed E-state index contributed by atoms with van der Waals surface area (Å²) in [5.41, 5.74) is 6.34. The van der Waals surface area contributed by atoms with Crippen LogP contribution in [0.25, 0.3) is 0 Å². The summed E-state index contributed by atoms with van der Waals surface area (Å²) in [5.74, 6) is 2.47. The van der Waals surface area contributed by atoms with E-state index in [4.69, 9.17) is 5.73 Å². The van der Waals surface area contributed by atoms with E-state index in [1.54, 1.807) is 0 Å². The van der Waals surface area contributed by atoms with E-state index >= 15 is 0 Å². The summed E-state index contributed by atoms with van der Waals surface area (Å²) >= 11 is 0. The molecule has 4 heteroatoms. The van der Waals surface area contributed by atoms with Gasteiger partial charge in [-0.3, -0.25) is 4.57 Å². The molecule has 1 heterocycles. The van der Waals surface area contributed by atoms with Gasteiger partial charge in [0.1, 0.15) is 0 Å². The lowest BCUT2D eigenvalue weighted by molar-refractivity contribution is -0.0453. The summed E-state index contributed by atoms with van der Waals surface area (Å²) in [4.78, 5) is 16.0. The fourth-order valence-electron chi connectivity index (χ4n) is 5.13. The highest BCUT2D eigenvalue weighted by molar-refractivity contribution is 5.30. The van der Waals surface area contributed by atoms with Gasteiger partial charge in [0.25, 0.3) is 0 Å². The third-order valence-corrected chi connectivity index (χ3v) is 5.33. The van der Waals surface area contributed by atoms with Gasteiger partial charge in [-0.25, -0.2) is 4.79 Å². The molecule has 4 nitrogen and oxygen atoms in total. The molecule has 0 aromatic carbocycles. The van der Waals surface area contributed by atoms with E-state index in [-0.39, 0.29) is 11.2 Å². The number of hydrogen-bond donors (Lipinski definition) is 1. The van der Waals surface area contributed by atoms with Gasteiger partial charge in [-0.15, -0.1) is 0 Å². The van der Waals surface area contributed by atoms with Crippen molar-refractivity contribution in [3.8, 4) is 0 Å². The van der Waals surface area contributed by atoms with Crippen LogP contribution in [0.15, 0.2) is 17.2 Å². The summed E-state index contributed by atoms with van der Waals surface area (Å²) in [6.45, 7) is 0. The lowest BCUT2D eigenvalue weighted by atomic mass is 9.53. The molecule has 1 aromatic heterocycles. The average molecular weight is 245 g/mol. The molecule has 0 amide bonds. The Morgan fingerprint density at radius 2 is 1.72 bits per heavy atom. The highest BCUT2D eigenvalue weighted by Crippen LogP contribution is 2.58. The van der Waals surface area contributed by atoms with Crippen LogP contribution in [0, 0.1) is 17.8 Å². The Hall–Kier alpha value is -1.32. The SMILES string of the molecule is Nc1cnc(=O)n(C23CC4CC(CC(C4)C2)C3)c1. The first-order valence-electron chi connectivity index (χ1n) is 6.99. The zero-order chi connectivity index (χ0) is 12.3. The summed E-state index contributed by atoms with van der Waals surface area (Å²) in [6, 6.07) is 0. The molecule has 4 saturated carbocycles. The van der Waals surface area contributed by atoms with Gasteiger partial charge in [0, 0.05) is 11.7 Å². The molecule has 0 spiro atoms. The molecular formula is C14H19N3O. The number of rotatable bonds is 1. The maximum absolute atomic E-state index is 12.1. The molecule has 5 rings (SSSR count). The Balaban J connectivity index is 1.84. The minimum atomic E-state index is -0.119. The topological polar surface area (TPSA) is 60.9 Å². The second-order valence-electron chi connectivity index (χ2n) is 6.68. The molecule has 4 aliphatic rings. The highest BCUT2D eigenvalue weighted by Gasteiger charge is 2.52. The Morgan fingerprint density at radius 1 is 1.17 bits per heavy atom. The predicted molar refractivity (Wildman–Crippen MR) is 69.1 cm³/mol. The van der Waals surface area contributed by atoms with Crippen molar-refractivity contribution in [1.82, 2.24) is 9.55 Å². The van der Waals surface area contributed by atoms with Crippen molar-refractivity contribution >= 4 is 5.69 Å². The highest BCUT2D eigenvalue weighted by atomic mass is 16.1. The van der Waals surface area contributed by atoms with Crippen molar-refractivity contribution in [2.45, 2.75) is 44.1 Å². The van der Waals surface area contributed by atoms with Crippen LogP contribution in [-0.2, 0) is 5.54 Å². The van der Waals surface area contributed by atoms with Gasteiger partial charge in [0.05, 0.1) is 11.9 Å². The predicted octanol–water partition coefficient (Wildman–Crippen LogP) is 1.75. The minimum absolute atomic E-state index is 0.0359. The Bertz CT molecular complexity index is 513. The van der Waals surface area contributed by atoms with Gasteiger partial charge < -0.3 is 5.73 Å². The molecular weight excluding hydrogens is 226 g/mol. The van der Waals surface area contributed by atoms with Crippen molar-refractivity contribution in [3.05, 3.63) is 22.9 Å². The number of nitrogens with two attached hydrogens (primary N) is 1. The van der Waals surface area contributed by atoms with Crippen LogP contribution in [0.4, 0.5) is 5.69 Å². The van der Waals surface area contributed by atoms with Crippen LogP contribution in [-0.4, -0.2) is 9.55 Å². The lowest BCUT2D eigenvalue weighted by Crippen LogP contribution is -2.54. The lowest BCUT2D eigenvalue weighted by Gasteiger charge is -2.57. The van der Waals surface area contributed by atoms with Gasteiger partial charge in [-0.1, -0.05) is 0 Å². The normalized spacial score (nSPS) is 41.2. The molecule has 0 unspecified atom stereocenters. The molecule has 0 aliphatic heterocycles. The van der Waals surface area contributed by atoms with Gasteiger partial charge in [-0.2, -0.15) is 4.98 Å². The van der Waals surface area contributed by atoms with E-state index in [1.165, 1.54) is 25.5 Å². The Kier molecular flexibility index (Phi) is 1.98. The smallest absolute Gasteiger partial charge is 0.348 e. The number of nitrogen functional groups attached to an aromatic ring is 1. The monoisotopic (exact) mass is 245 g/mol. The van der Waals surface area contributed by atoms with E-state index in [2.05, 4.69) is 4.98 Å². The summed E-state index contributed by atoms with van der Waals surface area (Å²) < 4.78 is 1.87. The second kappa shape index (κ2) is 3.37. The largest absolute Gasteiger partial charge is 0.396 e. The third kappa shape index (κ3) is 1.38. The number of anilines is 1. The molecule has 18 heavy (non-hydrogen) atoms. The standard InChI is InChI=1S/C14H19N3O/c15-12-7-16-13(18)17(8-12)14-4-9-1-10(5-14)3-11(2-9)6-14/h7-11H,1-6,15H2. The van der Waals surface area contributed by atoms with E-state index in [0.717, 1.165) is 37.0 Å². The molecule has 4 aliphatic carbocycles. The zero-order valence-corrected chi connectivity index (χ0v) is 10.5. The van der Waals surface area contributed by atoms with Crippen LogP contribution in [0.2, 0.25) is 0 Å². The van der Waals surface area contributed by atoms with Crippen molar-refractivity contribution in [3.63, 3.8) is 0 Å². The molecule has 4 bridgehead atoms. The number of hydrogen-bond acceptors (Lipinski definition) is 3. The molecule has 0 radical (unpaired) electrons. The number of aromatic nitrogens is 2. The molecule has 2 N–H and O–H groups in total. The Morgan fingerprint density at radius 3 is 2.28 bits per heavy atom. The summed E-state index contributed by atoms with van der Waals surface area (Å²) in [6.07, 6.45) is 10.9. The molecule has 0 atom stereocenters. The molecule has 96 valence electrons. The van der Waals surface area contributed by atoms with Crippen molar-refractivity contribution in [2.24, 2.45) is 17.8 Å². The van der Waals surface area contributed by atoms with Crippen molar-refractivity contribution < 1.29 is 0 Å². The van der Waals surface area contributed by atoms with Crippen LogP contribution in [0.3, 0.4) is 0 Å². The van der Waals surface area contributed by atoms with Crippen LogP contribution >= 0.6 is 0 Å². The van der Waals surface area contributed by atoms with Gasteiger partial charge in [0.2, 0.25) is 0 Å².